The summed E-state index contributed by atoms with van der Waals surface area (Å²) >= 11 is 0. The number of amides is 2. The second-order valence-corrected chi connectivity index (χ2v) is 6.68. The van der Waals surface area contributed by atoms with Gasteiger partial charge in [-0.15, -0.1) is 0 Å². The predicted octanol–water partition coefficient (Wildman–Crippen LogP) is 2.89. The maximum Gasteiger partial charge on any atom is 0.315 e. The van der Waals surface area contributed by atoms with Gasteiger partial charge in [0.2, 0.25) is 0 Å². The van der Waals surface area contributed by atoms with Crippen LogP contribution in [0, 0.1) is 11.7 Å². The van der Waals surface area contributed by atoms with E-state index in [0.717, 1.165) is 44.1 Å². The number of nitrogens with one attached hydrogen (secondary N) is 2. The molecule has 0 spiro atoms. The zero-order chi connectivity index (χ0) is 16.9. The number of hydrogen-bond donors (Lipinski definition) is 3. The van der Waals surface area contributed by atoms with Gasteiger partial charge >= 0.3 is 6.03 Å². The molecule has 1 aliphatic carbocycles. The van der Waals surface area contributed by atoms with Gasteiger partial charge in [-0.25, -0.2) is 9.18 Å². The summed E-state index contributed by atoms with van der Waals surface area (Å²) in [6, 6.07) is 4.03. The van der Waals surface area contributed by atoms with Crippen molar-refractivity contribution < 1.29 is 19.0 Å². The van der Waals surface area contributed by atoms with Crippen molar-refractivity contribution in [1.82, 2.24) is 10.6 Å². The van der Waals surface area contributed by atoms with Gasteiger partial charge in [0.25, 0.3) is 0 Å². The van der Waals surface area contributed by atoms with Crippen molar-refractivity contribution in [2.45, 2.75) is 50.6 Å². The maximum atomic E-state index is 13.4. The van der Waals surface area contributed by atoms with E-state index >= 15 is 0 Å². The summed E-state index contributed by atoms with van der Waals surface area (Å²) in [7, 11) is 0. The number of aliphatic hydroxyl groups is 1. The van der Waals surface area contributed by atoms with Crippen LogP contribution in [0.15, 0.2) is 18.2 Å². The van der Waals surface area contributed by atoms with Gasteiger partial charge in [0.05, 0.1) is 12.6 Å². The summed E-state index contributed by atoms with van der Waals surface area (Å²) < 4.78 is 19.0. The summed E-state index contributed by atoms with van der Waals surface area (Å²) in [5.41, 5.74) is 0.811. The van der Waals surface area contributed by atoms with E-state index in [0.29, 0.717) is 12.4 Å². The molecule has 3 N–H and O–H groups in total. The third-order valence-corrected chi connectivity index (χ3v) is 5.01. The van der Waals surface area contributed by atoms with E-state index in [1.807, 2.05) is 0 Å². The van der Waals surface area contributed by atoms with Gasteiger partial charge < -0.3 is 20.5 Å². The van der Waals surface area contributed by atoms with Crippen LogP contribution in [0.2, 0.25) is 0 Å². The highest BCUT2D eigenvalue weighted by molar-refractivity contribution is 5.75. The van der Waals surface area contributed by atoms with Gasteiger partial charge in [-0.1, -0.05) is 18.9 Å². The number of carbonyl (C=O) groups excluding carboxylic acids is 1. The van der Waals surface area contributed by atoms with E-state index in [4.69, 9.17) is 4.74 Å². The Kier molecular flexibility index (Phi) is 5.56. The van der Waals surface area contributed by atoms with E-state index in [9.17, 15) is 14.3 Å². The Bertz CT molecular complexity index is 581. The highest BCUT2D eigenvalue weighted by Gasteiger charge is 2.27. The van der Waals surface area contributed by atoms with Crippen LogP contribution in [0.1, 0.15) is 50.1 Å². The van der Waals surface area contributed by atoms with E-state index < -0.39 is 0 Å². The van der Waals surface area contributed by atoms with Crippen LogP contribution >= 0.6 is 0 Å². The first-order chi connectivity index (χ1) is 11.7. The highest BCUT2D eigenvalue weighted by atomic mass is 19.1. The van der Waals surface area contributed by atoms with Crippen LogP contribution < -0.4 is 15.4 Å². The Morgan fingerprint density at radius 3 is 2.88 bits per heavy atom. The lowest BCUT2D eigenvalue weighted by Gasteiger charge is -2.31. The fraction of sp³-hybridized carbons (Fsp3) is 0.611. The SMILES string of the molecule is O=C(NC1CCCOc2cc(F)ccc21)NC1CCCCC1CO. The molecule has 0 saturated heterocycles. The highest BCUT2D eigenvalue weighted by Crippen LogP contribution is 2.32. The lowest BCUT2D eigenvalue weighted by molar-refractivity contribution is 0.153. The number of rotatable bonds is 3. The zero-order valence-electron chi connectivity index (χ0n) is 13.8. The second-order valence-electron chi connectivity index (χ2n) is 6.68. The van der Waals surface area contributed by atoms with Crippen molar-refractivity contribution in [3.8, 4) is 5.75 Å². The number of fused-ring (bicyclic) bond motifs is 1. The number of benzene rings is 1. The van der Waals surface area contributed by atoms with Crippen LogP contribution in [0.4, 0.5) is 9.18 Å². The number of halogens is 1. The molecule has 0 radical (unpaired) electrons. The van der Waals surface area contributed by atoms with E-state index in [1.54, 1.807) is 6.07 Å². The normalized spacial score (nSPS) is 26.7. The van der Waals surface area contributed by atoms with Crippen LogP contribution in [0.3, 0.4) is 0 Å². The predicted molar refractivity (Wildman–Crippen MR) is 88.4 cm³/mol. The Labute approximate surface area is 141 Å². The minimum absolute atomic E-state index is 0.0125. The first-order valence-electron chi connectivity index (χ1n) is 8.77. The lowest BCUT2D eigenvalue weighted by Crippen LogP contribution is -2.48. The lowest BCUT2D eigenvalue weighted by atomic mass is 9.85. The average Bonchev–Trinajstić information content (AvgIpc) is 2.77. The fourth-order valence-electron chi connectivity index (χ4n) is 3.68. The van der Waals surface area contributed by atoms with Crippen LogP contribution in [-0.4, -0.2) is 30.4 Å². The van der Waals surface area contributed by atoms with Crippen molar-refractivity contribution >= 4 is 6.03 Å². The molecule has 5 nitrogen and oxygen atoms in total. The van der Waals surface area contributed by atoms with Crippen LogP contribution in [-0.2, 0) is 0 Å². The molecule has 1 aromatic carbocycles. The number of aliphatic hydroxyl groups excluding tert-OH is 1. The fourth-order valence-corrected chi connectivity index (χ4v) is 3.68. The summed E-state index contributed by atoms with van der Waals surface area (Å²) in [5, 5.41) is 15.5. The minimum Gasteiger partial charge on any atom is -0.493 e. The van der Waals surface area contributed by atoms with Crippen molar-refractivity contribution in [2.75, 3.05) is 13.2 Å². The average molecular weight is 336 g/mol. The molecule has 3 rings (SSSR count). The first-order valence-corrected chi connectivity index (χ1v) is 8.77. The van der Waals surface area contributed by atoms with Crippen LogP contribution in [0.5, 0.6) is 5.75 Å². The molecular weight excluding hydrogens is 311 g/mol. The molecule has 24 heavy (non-hydrogen) atoms. The number of urea groups is 1. The van der Waals surface area contributed by atoms with Gasteiger partial charge in [0.15, 0.2) is 0 Å². The van der Waals surface area contributed by atoms with Crippen molar-refractivity contribution in [3.05, 3.63) is 29.6 Å². The molecule has 2 aliphatic rings. The van der Waals surface area contributed by atoms with Crippen molar-refractivity contribution in [2.24, 2.45) is 5.92 Å². The molecule has 3 atom stereocenters. The molecule has 1 saturated carbocycles. The largest absolute Gasteiger partial charge is 0.493 e. The third kappa shape index (κ3) is 3.98. The second kappa shape index (κ2) is 7.83. The molecule has 1 aliphatic heterocycles. The van der Waals surface area contributed by atoms with Gasteiger partial charge in [0.1, 0.15) is 11.6 Å². The summed E-state index contributed by atoms with van der Waals surface area (Å²) in [6.45, 7) is 0.621. The molecule has 2 amide bonds. The topological polar surface area (TPSA) is 70.6 Å². The van der Waals surface area contributed by atoms with Gasteiger partial charge in [-0.05, 0) is 31.7 Å². The summed E-state index contributed by atoms with van der Waals surface area (Å²) in [6.07, 6.45) is 5.56. The third-order valence-electron chi connectivity index (χ3n) is 5.01. The molecule has 1 fully saturated rings. The minimum atomic E-state index is -0.341. The first kappa shape index (κ1) is 17.0. The number of hydrogen-bond acceptors (Lipinski definition) is 3. The van der Waals surface area contributed by atoms with E-state index in [-0.39, 0.29) is 36.5 Å². The van der Waals surface area contributed by atoms with Crippen molar-refractivity contribution in [3.63, 3.8) is 0 Å². The standard InChI is InChI=1S/C18H25FN2O3/c19-13-7-8-14-16(6-3-9-24-17(14)10-13)21-18(23)20-15-5-2-1-4-12(15)11-22/h7-8,10,12,15-16,22H,1-6,9,11H2,(H2,20,21,23). The van der Waals surface area contributed by atoms with Gasteiger partial charge in [0, 0.05) is 30.2 Å². The Morgan fingerprint density at radius 1 is 1.21 bits per heavy atom. The molecule has 0 bridgehead atoms. The summed E-state index contributed by atoms with van der Waals surface area (Å²) in [4.78, 5) is 12.4. The summed E-state index contributed by atoms with van der Waals surface area (Å²) in [5.74, 6) is 0.291. The molecule has 1 aromatic rings. The Hall–Kier alpha value is -1.82. The molecule has 6 heteroatoms. The van der Waals surface area contributed by atoms with E-state index in [1.165, 1.54) is 12.1 Å². The molecule has 0 aromatic heterocycles. The van der Waals surface area contributed by atoms with Gasteiger partial charge in [-0.3, -0.25) is 0 Å². The number of carbonyl (C=O) groups is 1. The monoisotopic (exact) mass is 336 g/mol. The zero-order valence-corrected chi connectivity index (χ0v) is 13.8. The molecule has 3 unspecified atom stereocenters. The Morgan fingerprint density at radius 2 is 2.04 bits per heavy atom. The quantitative estimate of drug-likeness (QED) is 0.795. The van der Waals surface area contributed by atoms with Gasteiger partial charge in [-0.2, -0.15) is 0 Å². The molecule has 1 heterocycles. The smallest absolute Gasteiger partial charge is 0.315 e. The van der Waals surface area contributed by atoms with Crippen LogP contribution in [0.25, 0.3) is 0 Å². The molecule has 132 valence electrons. The Balaban J connectivity index is 1.65. The maximum absolute atomic E-state index is 13.4. The number of ether oxygens (including phenoxy) is 1. The molecular formula is C18H25FN2O3. The van der Waals surface area contributed by atoms with Crippen molar-refractivity contribution in [1.29, 1.82) is 0 Å². The van der Waals surface area contributed by atoms with E-state index in [2.05, 4.69) is 10.6 Å².